The molecule has 0 atom stereocenters. The van der Waals surface area contributed by atoms with E-state index < -0.39 is 10.8 Å². The zero-order valence-corrected chi connectivity index (χ0v) is 10.8. The van der Waals surface area contributed by atoms with Gasteiger partial charge in [0, 0.05) is 16.8 Å². The number of halogens is 1. The monoisotopic (exact) mass is 292 g/mol. The second kappa shape index (κ2) is 5.54. The smallest absolute Gasteiger partial charge is 0.288 e. The Morgan fingerprint density at radius 2 is 2.15 bits per heavy atom. The van der Waals surface area contributed by atoms with Gasteiger partial charge in [-0.05, 0) is 18.2 Å². The number of nitro groups is 1. The molecule has 0 radical (unpaired) electrons. The van der Waals surface area contributed by atoms with E-state index >= 15 is 0 Å². The SMILES string of the molecule is NC(=O)c1cc([N+](=O)[O-])cnc1Nc1cccc(Cl)c1. The number of hydrogen-bond acceptors (Lipinski definition) is 5. The second-order valence-corrected chi connectivity index (χ2v) is 4.28. The molecule has 0 unspecified atom stereocenters. The molecule has 1 aromatic carbocycles. The van der Waals surface area contributed by atoms with Crippen molar-refractivity contribution in [2.45, 2.75) is 0 Å². The number of pyridine rings is 1. The third kappa shape index (κ3) is 3.01. The number of amides is 1. The quantitative estimate of drug-likeness (QED) is 0.664. The van der Waals surface area contributed by atoms with Crippen LogP contribution in [-0.4, -0.2) is 15.8 Å². The Morgan fingerprint density at radius 3 is 2.75 bits per heavy atom. The molecule has 0 saturated carbocycles. The predicted molar refractivity (Wildman–Crippen MR) is 74.1 cm³/mol. The normalized spacial score (nSPS) is 10.1. The van der Waals surface area contributed by atoms with Gasteiger partial charge in [0.1, 0.15) is 12.0 Å². The van der Waals surface area contributed by atoms with Crippen LogP contribution in [0.25, 0.3) is 0 Å². The van der Waals surface area contributed by atoms with E-state index in [0.29, 0.717) is 10.7 Å². The largest absolute Gasteiger partial charge is 0.365 e. The number of benzene rings is 1. The number of nitrogens with two attached hydrogens (primary N) is 1. The van der Waals surface area contributed by atoms with Crippen molar-refractivity contribution < 1.29 is 9.72 Å². The van der Waals surface area contributed by atoms with E-state index in [4.69, 9.17) is 17.3 Å². The van der Waals surface area contributed by atoms with Gasteiger partial charge in [0.2, 0.25) is 0 Å². The molecule has 1 heterocycles. The lowest BCUT2D eigenvalue weighted by atomic mass is 10.2. The molecule has 0 aliphatic heterocycles. The van der Waals surface area contributed by atoms with Crippen LogP contribution in [0.3, 0.4) is 0 Å². The number of anilines is 2. The maximum absolute atomic E-state index is 11.3. The summed E-state index contributed by atoms with van der Waals surface area (Å²) >= 11 is 5.84. The second-order valence-electron chi connectivity index (χ2n) is 3.85. The first kappa shape index (κ1) is 13.8. The number of carbonyl (C=O) groups excluding carboxylic acids is 1. The molecule has 0 fully saturated rings. The minimum absolute atomic E-state index is 0.0702. The molecule has 2 aromatic rings. The number of nitrogens with one attached hydrogen (secondary N) is 1. The molecule has 1 amide bonds. The van der Waals surface area contributed by atoms with E-state index in [0.717, 1.165) is 12.3 Å². The van der Waals surface area contributed by atoms with Gasteiger partial charge in [0.25, 0.3) is 11.6 Å². The molecule has 0 spiro atoms. The van der Waals surface area contributed by atoms with Crippen LogP contribution >= 0.6 is 11.6 Å². The molecule has 8 heteroatoms. The number of rotatable bonds is 4. The maximum atomic E-state index is 11.3. The fraction of sp³-hybridized carbons (Fsp3) is 0. The summed E-state index contributed by atoms with van der Waals surface area (Å²) < 4.78 is 0. The molecule has 7 nitrogen and oxygen atoms in total. The first-order valence-corrected chi connectivity index (χ1v) is 5.82. The van der Waals surface area contributed by atoms with Crippen molar-refractivity contribution in [1.29, 1.82) is 0 Å². The first-order valence-electron chi connectivity index (χ1n) is 5.44. The number of nitrogens with zero attached hydrogens (tertiary/aromatic N) is 2. The number of primary amides is 1. The van der Waals surface area contributed by atoms with Crippen LogP contribution < -0.4 is 11.1 Å². The third-order valence-corrected chi connectivity index (χ3v) is 2.67. The van der Waals surface area contributed by atoms with Crippen LogP contribution in [0.2, 0.25) is 5.02 Å². The molecule has 2 rings (SSSR count). The predicted octanol–water partition coefficient (Wildman–Crippen LogP) is 2.49. The Kier molecular flexibility index (Phi) is 3.81. The standard InChI is InChI=1S/C12H9ClN4O3/c13-7-2-1-3-8(4-7)16-12-10(11(14)18)5-9(6-15-12)17(19)20/h1-6H,(H2,14,18)(H,15,16). The highest BCUT2D eigenvalue weighted by molar-refractivity contribution is 6.30. The number of carbonyl (C=O) groups is 1. The van der Waals surface area contributed by atoms with Crippen molar-refractivity contribution in [3.8, 4) is 0 Å². The molecule has 0 aliphatic carbocycles. The zero-order valence-electron chi connectivity index (χ0n) is 10.0. The molecule has 0 saturated heterocycles. The van der Waals surface area contributed by atoms with Gasteiger partial charge in [-0.25, -0.2) is 4.98 Å². The highest BCUT2D eigenvalue weighted by Gasteiger charge is 2.16. The summed E-state index contributed by atoms with van der Waals surface area (Å²) in [6, 6.07) is 7.79. The first-order chi connectivity index (χ1) is 9.47. The number of aromatic nitrogens is 1. The van der Waals surface area contributed by atoms with E-state index in [2.05, 4.69) is 10.3 Å². The van der Waals surface area contributed by atoms with Crippen LogP contribution in [0.15, 0.2) is 36.5 Å². The van der Waals surface area contributed by atoms with Crippen LogP contribution in [0.5, 0.6) is 0 Å². The average molecular weight is 293 g/mol. The lowest BCUT2D eigenvalue weighted by Crippen LogP contribution is -2.14. The maximum Gasteiger partial charge on any atom is 0.288 e. The van der Waals surface area contributed by atoms with Crippen molar-refractivity contribution in [1.82, 2.24) is 4.98 Å². The summed E-state index contributed by atoms with van der Waals surface area (Å²) in [6.07, 6.45) is 1.04. The van der Waals surface area contributed by atoms with Crippen molar-refractivity contribution >= 4 is 34.7 Å². The molecular weight excluding hydrogens is 284 g/mol. The van der Waals surface area contributed by atoms with Crippen molar-refractivity contribution in [3.63, 3.8) is 0 Å². The Labute approximate surface area is 118 Å². The van der Waals surface area contributed by atoms with Gasteiger partial charge in [0.05, 0.1) is 10.5 Å². The summed E-state index contributed by atoms with van der Waals surface area (Å²) in [5.74, 6) is -0.684. The topological polar surface area (TPSA) is 111 Å². The Bertz CT molecular complexity index is 690. The minimum atomic E-state index is -0.814. The molecule has 102 valence electrons. The fourth-order valence-corrected chi connectivity index (χ4v) is 1.73. The minimum Gasteiger partial charge on any atom is -0.365 e. The van der Waals surface area contributed by atoms with E-state index in [1.807, 2.05) is 0 Å². The highest BCUT2D eigenvalue weighted by Crippen LogP contribution is 2.23. The van der Waals surface area contributed by atoms with Gasteiger partial charge >= 0.3 is 0 Å². The molecule has 1 aromatic heterocycles. The van der Waals surface area contributed by atoms with Gasteiger partial charge in [-0.1, -0.05) is 17.7 Å². The lowest BCUT2D eigenvalue weighted by molar-refractivity contribution is -0.385. The van der Waals surface area contributed by atoms with Gasteiger partial charge in [-0.3, -0.25) is 14.9 Å². The van der Waals surface area contributed by atoms with Crippen LogP contribution in [0.4, 0.5) is 17.2 Å². The average Bonchev–Trinajstić information content (AvgIpc) is 2.38. The van der Waals surface area contributed by atoms with Crippen molar-refractivity contribution in [3.05, 3.63) is 57.2 Å². The molecule has 0 bridgehead atoms. The van der Waals surface area contributed by atoms with E-state index in [9.17, 15) is 14.9 Å². The van der Waals surface area contributed by atoms with Crippen LogP contribution in [-0.2, 0) is 0 Å². The summed E-state index contributed by atoms with van der Waals surface area (Å²) in [4.78, 5) is 25.2. The van der Waals surface area contributed by atoms with Crippen LogP contribution in [0, 0.1) is 10.1 Å². The van der Waals surface area contributed by atoms with E-state index in [1.165, 1.54) is 0 Å². The van der Waals surface area contributed by atoms with Crippen molar-refractivity contribution in [2.24, 2.45) is 5.73 Å². The summed E-state index contributed by atoms with van der Waals surface area (Å²) in [7, 11) is 0. The zero-order chi connectivity index (χ0) is 14.7. The number of hydrogen-bond donors (Lipinski definition) is 2. The Hall–Kier alpha value is -2.67. The van der Waals surface area contributed by atoms with Crippen molar-refractivity contribution in [2.75, 3.05) is 5.32 Å². The Balaban J connectivity index is 2.41. The molecule has 20 heavy (non-hydrogen) atoms. The highest BCUT2D eigenvalue weighted by atomic mass is 35.5. The fourth-order valence-electron chi connectivity index (χ4n) is 1.54. The van der Waals surface area contributed by atoms with Gasteiger partial charge < -0.3 is 11.1 Å². The van der Waals surface area contributed by atoms with E-state index in [-0.39, 0.29) is 17.1 Å². The molecular formula is C12H9ClN4O3. The lowest BCUT2D eigenvalue weighted by Gasteiger charge is -2.09. The van der Waals surface area contributed by atoms with E-state index in [1.54, 1.807) is 24.3 Å². The van der Waals surface area contributed by atoms with Gasteiger partial charge in [0.15, 0.2) is 0 Å². The van der Waals surface area contributed by atoms with Gasteiger partial charge in [-0.2, -0.15) is 0 Å². The summed E-state index contributed by atoms with van der Waals surface area (Å²) in [5.41, 5.74) is 5.40. The Morgan fingerprint density at radius 1 is 1.40 bits per heavy atom. The molecule has 3 N–H and O–H groups in total. The van der Waals surface area contributed by atoms with Crippen LogP contribution in [0.1, 0.15) is 10.4 Å². The summed E-state index contributed by atoms with van der Waals surface area (Å²) in [5, 5.41) is 14.0. The summed E-state index contributed by atoms with van der Waals surface area (Å²) in [6.45, 7) is 0. The molecule has 0 aliphatic rings. The third-order valence-electron chi connectivity index (χ3n) is 2.44. The van der Waals surface area contributed by atoms with Gasteiger partial charge in [-0.15, -0.1) is 0 Å².